The molecule has 0 aliphatic heterocycles. The predicted octanol–water partition coefficient (Wildman–Crippen LogP) is 0.108. The quantitative estimate of drug-likeness (QED) is 0.124. The molecule has 2 rings (SSSR count). The Balaban J connectivity index is 0.00000249. The van der Waals surface area contributed by atoms with E-state index in [9.17, 15) is 29.1 Å². The molecule has 2 aromatic rings. The van der Waals surface area contributed by atoms with Gasteiger partial charge in [-0.15, -0.1) is 0 Å². The first-order chi connectivity index (χ1) is 21.6. The van der Waals surface area contributed by atoms with Crippen LogP contribution in [0.1, 0.15) is 51.7 Å². The Morgan fingerprint density at radius 3 is 1.83 bits per heavy atom. The summed E-state index contributed by atoms with van der Waals surface area (Å²) in [6.45, 7) is 6.12. The summed E-state index contributed by atoms with van der Waals surface area (Å²) in [5, 5.41) is 27.2. The molecule has 0 bridgehead atoms. The Labute approximate surface area is 268 Å². The number of carboxylic acids is 1. The van der Waals surface area contributed by atoms with Crippen molar-refractivity contribution in [2.45, 2.75) is 77.5 Å². The lowest BCUT2D eigenvalue weighted by Crippen LogP contribution is -2.56. The summed E-state index contributed by atoms with van der Waals surface area (Å²) in [4.78, 5) is 72.2. The second-order valence-electron chi connectivity index (χ2n) is 11.1. The maximum atomic E-state index is 13.1. The lowest BCUT2D eigenvalue weighted by Gasteiger charge is -2.23. The smallest absolute Gasteiger partial charge is 0.300 e. The molecule has 252 valence electrons. The van der Waals surface area contributed by atoms with Crippen LogP contribution < -0.4 is 32.7 Å². The number of rotatable bonds is 16. The van der Waals surface area contributed by atoms with E-state index in [1.807, 2.05) is 19.9 Å². The number of hydrogen-bond donors (Lipinski definition) is 8. The summed E-state index contributed by atoms with van der Waals surface area (Å²) < 4.78 is 0. The Kier molecular flexibility index (Phi) is 17.1. The first-order valence-electron chi connectivity index (χ1n) is 14.9. The predicted molar refractivity (Wildman–Crippen MR) is 171 cm³/mol. The first kappa shape index (κ1) is 39.0. The van der Waals surface area contributed by atoms with Gasteiger partial charge in [-0.05, 0) is 48.4 Å². The molecule has 14 heteroatoms. The van der Waals surface area contributed by atoms with Crippen molar-refractivity contribution in [1.29, 1.82) is 0 Å². The van der Waals surface area contributed by atoms with E-state index in [0.29, 0.717) is 6.42 Å². The molecule has 46 heavy (non-hydrogen) atoms. The molecule has 0 fully saturated rings. The summed E-state index contributed by atoms with van der Waals surface area (Å²) in [6.07, 6.45) is 0.928. The molecule has 2 aromatic carbocycles. The monoisotopic (exact) mass is 642 g/mol. The fraction of sp³-hybridized carbons (Fsp3) is 0.438. The number of primary amides is 1. The van der Waals surface area contributed by atoms with E-state index in [0.717, 1.165) is 18.1 Å². The van der Waals surface area contributed by atoms with Crippen LogP contribution in [0.3, 0.4) is 0 Å². The zero-order valence-corrected chi connectivity index (χ0v) is 26.6. The molecule has 0 unspecified atom stereocenters. The van der Waals surface area contributed by atoms with E-state index in [1.165, 1.54) is 12.1 Å². The molecule has 14 nitrogen and oxygen atoms in total. The zero-order chi connectivity index (χ0) is 34.8. The third-order valence-corrected chi connectivity index (χ3v) is 6.49. The molecule has 5 amide bonds. The number of hydrogen-bond acceptors (Lipinski definition) is 8. The standard InChI is InChI=1S/C30H42N6O6.C2H4O2/c1-4-23(35-28(40)22(31)15-20-10-12-21(37)13-11-20)29(41)33-17-26(38)34-25(16-19-8-6-5-7-9-19)30(42)36-24(27(32)39)14-18(2)3;1-2(3)4/h5-13,18,22-25,37H,4,14-17,31H2,1-3H3,(H2,32,39)(H,33,41)(H,34,38)(H,35,40)(H,36,42);1H3,(H,3,4)/t22-,23+,24-,25-;/m0./s1. The molecule has 0 heterocycles. The molecule has 4 atom stereocenters. The second kappa shape index (κ2) is 20.1. The highest BCUT2D eigenvalue weighted by molar-refractivity contribution is 5.94. The van der Waals surface area contributed by atoms with E-state index in [1.54, 1.807) is 43.3 Å². The number of aliphatic carboxylic acids is 1. The van der Waals surface area contributed by atoms with Crippen molar-refractivity contribution >= 4 is 35.5 Å². The van der Waals surface area contributed by atoms with Crippen LogP contribution in [-0.4, -0.2) is 76.4 Å². The Bertz CT molecular complexity index is 1300. The number of benzene rings is 2. The minimum atomic E-state index is -1.04. The van der Waals surface area contributed by atoms with Crippen LogP contribution in [0.4, 0.5) is 0 Å². The summed E-state index contributed by atoms with van der Waals surface area (Å²) in [5.41, 5.74) is 13.0. The van der Waals surface area contributed by atoms with Gasteiger partial charge in [0.25, 0.3) is 5.97 Å². The van der Waals surface area contributed by atoms with Gasteiger partial charge in [-0.3, -0.25) is 28.8 Å². The highest BCUT2D eigenvalue weighted by atomic mass is 16.4. The van der Waals surface area contributed by atoms with Gasteiger partial charge in [0.05, 0.1) is 12.6 Å². The number of carboxylic acid groups (broad SMARTS) is 1. The summed E-state index contributed by atoms with van der Waals surface area (Å²) in [5.74, 6) is -3.67. The van der Waals surface area contributed by atoms with Gasteiger partial charge in [-0.1, -0.05) is 63.2 Å². The van der Waals surface area contributed by atoms with E-state index < -0.39 is 66.2 Å². The van der Waals surface area contributed by atoms with Crippen LogP contribution in [-0.2, 0) is 41.6 Å². The fourth-order valence-corrected chi connectivity index (χ4v) is 4.20. The number of carbonyl (C=O) groups is 6. The summed E-state index contributed by atoms with van der Waals surface area (Å²) in [7, 11) is 0. The first-order valence-corrected chi connectivity index (χ1v) is 14.9. The lowest BCUT2D eigenvalue weighted by atomic mass is 10.0. The number of amides is 5. The van der Waals surface area contributed by atoms with Crippen molar-refractivity contribution in [2.24, 2.45) is 17.4 Å². The number of nitrogens with one attached hydrogen (secondary N) is 4. The minimum Gasteiger partial charge on any atom is -0.508 e. The minimum absolute atomic E-state index is 0.0922. The SMILES string of the molecule is CC(=O)O.CC[C@@H](NC(=O)[C@@H](N)Cc1ccc(O)cc1)C(=O)NCC(=O)N[C@@H](Cc1ccccc1)C(=O)N[C@@H](CC(C)C)C(N)=O. The van der Waals surface area contributed by atoms with Gasteiger partial charge in [0.15, 0.2) is 0 Å². The van der Waals surface area contributed by atoms with Crippen molar-refractivity contribution in [3.63, 3.8) is 0 Å². The van der Waals surface area contributed by atoms with Crippen LogP contribution in [0, 0.1) is 5.92 Å². The second-order valence-corrected chi connectivity index (χ2v) is 11.1. The molecular weight excluding hydrogens is 596 g/mol. The van der Waals surface area contributed by atoms with Gasteiger partial charge in [0, 0.05) is 13.3 Å². The van der Waals surface area contributed by atoms with E-state index in [2.05, 4.69) is 21.3 Å². The molecule has 10 N–H and O–H groups in total. The van der Waals surface area contributed by atoms with Gasteiger partial charge >= 0.3 is 0 Å². The van der Waals surface area contributed by atoms with Gasteiger partial charge in [0.2, 0.25) is 29.5 Å². The van der Waals surface area contributed by atoms with Gasteiger partial charge < -0.3 is 42.9 Å². The van der Waals surface area contributed by atoms with Crippen LogP contribution in [0.2, 0.25) is 0 Å². The molecule has 0 saturated carbocycles. The molecular formula is C32H46N6O8. The average molecular weight is 643 g/mol. The number of phenols is 1. The maximum Gasteiger partial charge on any atom is 0.300 e. The fourth-order valence-electron chi connectivity index (χ4n) is 4.20. The number of nitrogens with two attached hydrogens (primary N) is 2. The van der Waals surface area contributed by atoms with Crippen LogP contribution in [0.15, 0.2) is 54.6 Å². The molecule has 0 saturated heterocycles. The van der Waals surface area contributed by atoms with Gasteiger partial charge in [-0.25, -0.2) is 0 Å². The normalized spacial score (nSPS) is 13.1. The van der Waals surface area contributed by atoms with Gasteiger partial charge in [0.1, 0.15) is 23.9 Å². The third kappa shape index (κ3) is 15.7. The zero-order valence-electron chi connectivity index (χ0n) is 26.6. The van der Waals surface area contributed by atoms with Crippen molar-refractivity contribution in [3.8, 4) is 5.75 Å². The van der Waals surface area contributed by atoms with Crippen LogP contribution in [0.25, 0.3) is 0 Å². The van der Waals surface area contributed by atoms with E-state index in [4.69, 9.17) is 21.4 Å². The van der Waals surface area contributed by atoms with E-state index in [-0.39, 0.29) is 30.9 Å². The molecule has 0 radical (unpaired) electrons. The summed E-state index contributed by atoms with van der Waals surface area (Å²) in [6, 6.07) is 11.5. The largest absolute Gasteiger partial charge is 0.508 e. The molecule has 0 aliphatic rings. The Morgan fingerprint density at radius 2 is 1.30 bits per heavy atom. The maximum absolute atomic E-state index is 13.1. The number of phenolic OH excluding ortho intramolecular Hbond substituents is 1. The van der Waals surface area contributed by atoms with Crippen molar-refractivity contribution in [1.82, 2.24) is 21.3 Å². The average Bonchev–Trinajstić information content (AvgIpc) is 2.98. The molecule has 0 aliphatic carbocycles. The van der Waals surface area contributed by atoms with Crippen molar-refractivity contribution in [3.05, 3.63) is 65.7 Å². The molecule has 0 spiro atoms. The third-order valence-electron chi connectivity index (χ3n) is 6.49. The van der Waals surface area contributed by atoms with Crippen molar-refractivity contribution in [2.75, 3.05) is 6.54 Å². The van der Waals surface area contributed by atoms with E-state index >= 15 is 0 Å². The van der Waals surface area contributed by atoms with Crippen LogP contribution >= 0.6 is 0 Å². The van der Waals surface area contributed by atoms with Crippen LogP contribution in [0.5, 0.6) is 5.75 Å². The topological polar surface area (TPSA) is 243 Å². The Hall–Kier alpha value is -4.98. The Morgan fingerprint density at radius 1 is 0.761 bits per heavy atom. The summed E-state index contributed by atoms with van der Waals surface area (Å²) >= 11 is 0. The lowest BCUT2D eigenvalue weighted by molar-refractivity contribution is -0.134. The molecule has 0 aromatic heterocycles. The highest BCUT2D eigenvalue weighted by Gasteiger charge is 2.27. The number of carbonyl (C=O) groups excluding carboxylic acids is 5. The number of aromatic hydroxyl groups is 1. The highest BCUT2D eigenvalue weighted by Crippen LogP contribution is 2.11. The van der Waals surface area contributed by atoms with Crippen molar-refractivity contribution < 1.29 is 39.0 Å². The van der Waals surface area contributed by atoms with Gasteiger partial charge in [-0.2, -0.15) is 0 Å².